The molecule has 9 heteroatoms. The van der Waals surface area contributed by atoms with E-state index in [4.69, 9.17) is 4.74 Å². The highest BCUT2D eigenvalue weighted by molar-refractivity contribution is 7.13. The highest BCUT2D eigenvalue weighted by Crippen LogP contribution is 2.29. The summed E-state index contributed by atoms with van der Waals surface area (Å²) in [6.07, 6.45) is 5.24. The lowest BCUT2D eigenvalue weighted by Crippen LogP contribution is -2.16. The highest BCUT2D eigenvalue weighted by atomic mass is 32.1. The van der Waals surface area contributed by atoms with Gasteiger partial charge in [0.05, 0.1) is 23.4 Å². The van der Waals surface area contributed by atoms with Crippen LogP contribution in [0.5, 0.6) is 0 Å². The normalized spacial score (nSPS) is 10.7. The monoisotopic (exact) mass is 447 g/mol. The van der Waals surface area contributed by atoms with E-state index in [9.17, 15) is 9.59 Å². The third kappa shape index (κ3) is 4.73. The average Bonchev–Trinajstić information content (AvgIpc) is 3.29. The lowest BCUT2D eigenvalue weighted by atomic mass is 10.1. The van der Waals surface area contributed by atoms with E-state index in [2.05, 4.69) is 25.3 Å². The maximum atomic E-state index is 12.5. The number of nitrogens with zero attached hydrogens (tertiary/aromatic N) is 3. The minimum Gasteiger partial charge on any atom is -0.462 e. The summed E-state index contributed by atoms with van der Waals surface area (Å²) in [6, 6.07) is 9.18. The lowest BCUT2D eigenvalue weighted by Gasteiger charge is -2.07. The van der Waals surface area contributed by atoms with Crippen LogP contribution < -0.4 is 10.9 Å². The SMILES string of the molecule is CCOC(=O)c1cc(-c2csc(-c3ccnc(NCc4cccnc4)c3)n2)c(=O)[nH]c1C. The van der Waals surface area contributed by atoms with E-state index < -0.39 is 5.97 Å². The first-order valence-electron chi connectivity index (χ1n) is 10.0. The van der Waals surface area contributed by atoms with Crippen molar-refractivity contribution in [3.05, 3.63) is 81.5 Å². The van der Waals surface area contributed by atoms with Crippen molar-refractivity contribution >= 4 is 23.1 Å². The van der Waals surface area contributed by atoms with Crippen molar-refractivity contribution in [2.45, 2.75) is 20.4 Å². The number of anilines is 1. The molecule has 8 nitrogen and oxygen atoms in total. The van der Waals surface area contributed by atoms with Crippen LogP contribution in [0.25, 0.3) is 21.8 Å². The van der Waals surface area contributed by atoms with E-state index in [1.807, 2.05) is 24.3 Å². The van der Waals surface area contributed by atoms with Gasteiger partial charge in [0.15, 0.2) is 0 Å². The molecule has 0 aliphatic rings. The zero-order chi connectivity index (χ0) is 22.5. The van der Waals surface area contributed by atoms with Crippen molar-refractivity contribution in [2.24, 2.45) is 0 Å². The van der Waals surface area contributed by atoms with Crippen molar-refractivity contribution < 1.29 is 9.53 Å². The summed E-state index contributed by atoms with van der Waals surface area (Å²) in [5, 5.41) is 5.82. The summed E-state index contributed by atoms with van der Waals surface area (Å²) >= 11 is 1.41. The first kappa shape index (κ1) is 21.4. The van der Waals surface area contributed by atoms with Gasteiger partial charge >= 0.3 is 5.97 Å². The summed E-state index contributed by atoms with van der Waals surface area (Å²) in [5.41, 5.74) is 3.23. The maximum Gasteiger partial charge on any atom is 0.339 e. The minimum absolute atomic E-state index is 0.257. The molecule has 4 aromatic heterocycles. The van der Waals surface area contributed by atoms with Gasteiger partial charge in [-0.1, -0.05) is 6.07 Å². The number of nitrogens with one attached hydrogen (secondary N) is 2. The molecular formula is C23H21N5O3S. The molecule has 4 rings (SSSR count). The van der Waals surface area contributed by atoms with Crippen molar-refractivity contribution in [1.82, 2.24) is 19.9 Å². The van der Waals surface area contributed by atoms with Gasteiger partial charge < -0.3 is 15.0 Å². The number of hydrogen-bond donors (Lipinski definition) is 2. The van der Waals surface area contributed by atoms with Gasteiger partial charge in [-0.05, 0) is 43.7 Å². The standard InChI is InChI=1S/C23H21N5O3S/c1-3-31-23(30)17-10-18(21(29)27-14(17)2)19-13-32-22(28-19)16-6-8-25-20(9-16)26-12-15-5-4-7-24-11-15/h4-11,13H,3,12H2,1-2H3,(H,25,26)(H,27,29). The quantitative estimate of drug-likeness (QED) is 0.411. The Morgan fingerprint density at radius 1 is 1.25 bits per heavy atom. The molecule has 2 N–H and O–H groups in total. The molecule has 4 heterocycles. The van der Waals surface area contributed by atoms with Crippen LogP contribution in [0.15, 0.2) is 59.1 Å². The van der Waals surface area contributed by atoms with E-state index in [1.54, 1.807) is 43.9 Å². The van der Waals surface area contributed by atoms with Crippen LogP contribution in [0.2, 0.25) is 0 Å². The van der Waals surface area contributed by atoms with Gasteiger partial charge in [-0.25, -0.2) is 14.8 Å². The number of H-pyrrole nitrogens is 1. The second-order valence-corrected chi connectivity index (χ2v) is 7.81. The van der Waals surface area contributed by atoms with Gasteiger partial charge in [0.2, 0.25) is 0 Å². The Morgan fingerprint density at radius 3 is 2.91 bits per heavy atom. The number of aromatic amines is 1. The molecule has 0 radical (unpaired) electrons. The Bertz CT molecular complexity index is 1300. The van der Waals surface area contributed by atoms with Gasteiger partial charge in [-0.15, -0.1) is 11.3 Å². The Balaban J connectivity index is 1.59. The molecule has 0 aromatic carbocycles. The summed E-state index contributed by atoms with van der Waals surface area (Å²) in [4.78, 5) is 40.5. The smallest absolute Gasteiger partial charge is 0.339 e. The summed E-state index contributed by atoms with van der Waals surface area (Å²) < 4.78 is 5.09. The third-order valence-electron chi connectivity index (χ3n) is 4.72. The molecular weight excluding hydrogens is 426 g/mol. The van der Waals surface area contributed by atoms with Crippen molar-refractivity contribution in [3.63, 3.8) is 0 Å². The highest BCUT2D eigenvalue weighted by Gasteiger charge is 2.17. The maximum absolute atomic E-state index is 12.5. The van der Waals surface area contributed by atoms with E-state index in [0.29, 0.717) is 34.9 Å². The summed E-state index contributed by atoms with van der Waals surface area (Å²) in [6.45, 7) is 4.26. The lowest BCUT2D eigenvalue weighted by molar-refractivity contribution is 0.0525. The number of aryl methyl sites for hydroxylation is 1. The van der Waals surface area contributed by atoms with Crippen LogP contribution >= 0.6 is 11.3 Å². The summed E-state index contributed by atoms with van der Waals surface area (Å²) in [7, 11) is 0. The topological polar surface area (TPSA) is 110 Å². The molecule has 0 fully saturated rings. The molecule has 0 spiro atoms. The molecule has 4 aromatic rings. The molecule has 0 aliphatic heterocycles. The van der Waals surface area contributed by atoms with E-state index in [0.717, 1.165) is 16.1 Å². The van der Waals surface area contributed by atoms with Crippen LogP contribution in [-0.4, -0.2) is 32.5 Å². The predicted octanol–water partition coefficient (Wildman–Crippen LogP) is 4.05. The minimum atomic E-state index is -0.476. The number of carbonyl (C=O) groups excluding carboxylic acids is 1. The number of aromatic nitrogens is 4. The first-order valence-corrected chi connectivity index (χ1v) is 10.9. The fourth-order valence-corrected chi connectivity index (χ4v) is 3.94. The van der Waals surface area contributed by atoms with Crippen molar-refractivity contribution in [3.8, 4) is 21.8 Å². The van der Waals surface area contributed by atoms with Gasteiger partial charge in [-0.3, -0.25) is 9.78 Å². The fourth-order valence-electron chi connectivity index (χ4n) is 3.12. The number of pyridine rings is 3. The Morgan fingerprint density at radius 2 is 2.12 bits per heavy atom. The second-order valence-electron chi connectivity index (χ2n) is 6.95. The molecule has 0 atom stereocenters. The molecule has 0 saturated carbocycles. The van der Waals surface area contributed by atoms with Gasteiger partial charge in [0.25, 0.3) is 5.56 Å². The molecule has 0 saturated heterocycles. The molecule has 0 amide bonds. The zero-order valence-corrected chi connectivity index (χ0v) is 18.4. The van der Waals surface area contributed by atoms with E-state index in [-0.39, 0.29) is 12.2 Å². The van der Waals surface area contributed by atoms with E-state index >= 15 is 0 Å². The van der Waals surface area contributed by atoms with Crippen LogP contribution in [0.3, 0.4) is 0 Å². The Kier molecular flexibility index (Phi) is 6.37. The number of rotatable bonds is 7. The zero-order valence-electron chi connectivity index (χ0n) is 17.6. The average molecular weight is 448 g/mol. The van der Waals surface area contributed by atoms with Crippen LogP contribution in [0.1, 0.15) is 28.5 Å². The fraction of sp³-hybridized carbons (Fsp3) is 0.174. The molecule has 32 heavy (non-hydrogen) atoms. The number of thiazole rings is 1. The van der Waals surface area contributed by atoms with Crippen LogP contribution in [-0.2, 0) is 11.3 Å². The van der Waals surface area contributed by atoms with E-state index in [1.165, 1.54) is 11.3 Å². The number of ether oxygens (including phenoxy) is 1. The molecule has 0 bridgehead atoms. The predicted molar refractivity (Wildman–Crippen MR) is 124 cm³/mol. The number of carbonyl (C=O) groups is 1. The first-order chi connectivity index (χ1) is 15.5. The number of esters is 1. The van der Waals surface area contributed by atoms with Gasteiger partial charge in [0.1, 0.15) is 10.8 Å². The second kappa shape index (κ2) is 9.52. The molecule has 162 valence electrons. The summed E-state index contributed by atoms with van der Waals surface area (Å²) in [5.74, 6) is 0.234. The Labute approximate surface area is 188 Å². The molecule has 0 unspecified atom stereocenters. The van der Waals surface area contributed by atoms with Crippen LogP contribution in [0.4, 0.5) is 5.82 Å². The number of hydrogen-bond acceptors (Lipinski definition) is 8. The van der Waals surface area contributed by atoms with Crippen molar-refractivity contribution in [1.29, 1.82) is 0 Å². The van der Waals surface area contributed by atoms with Gasteiger partial charge in [-0.2, -0.15) is 0 Å². The molecule has 0 aliphatic carbocycles. The van der Waals surface area contributed by atoms with Crippen molar-refractivity contribution in [2.75, 3.05) is 11.9 Å². The Hall–Kier alpha value is -3.85. The van der Waals surface area contributed by atoms with Crippen LogP contribution in [0, 0.1) is 6.92 Å². The third-order valence-corrected chi connectivity index (χ3v) is 5.61. The largest absolute Gasteiger partial charge is 0.462 e. The van der Waals surface area contributed by atoms with Gasteiger partial charge in [0, 0.05) is 41.8 Å².